The molecule has 7 nitrogen and oxygen atoms in total. The van der Waals surface area contributed by atoms with Crippen LogP contribution in [0.3, 0.4) is 0 Å². The fourth-order valence-electron chi connectivity index (χ4n) is 1.41. The van der Waals surface area contributed by atoms with Crippen LogP contribution in [-0.4, -0.2) is 37.5 Å². The van der Waals surface area contributed by atoms with Crippen LogP contribution in [0.1, 0.15) is 0 Å². The molecule has 1 rings (SSSR count). The minimum absolute atomic E-state index is 0.181. The number of guanidine groups is 2. The van der Waals surface area contributed by atoms with Crippen molar-refractivity contribution < 1.29 is 35.8 Å². The standard InChI is InChI=1S/C12H13F6N5O2/c13-11(14,15)4-24-7-1-6(22-10(21)23-9(19)20)2-8(3-7)25-5-12(16,17)18/h1-3H,4-5H2,(H6,19,20,21,22,23). The number of aliphatic imine (C=N–C) groups is 2. The number of nitrogens with two attached hydrogens (primary N) is 3. The van der Waals surface area contributed by atoms with Crippen molar-refractivity contribution in [3.05, 3.63) is 18.2 Å². The van der Waals surface area contributed by atoms with E-state index in [0.717, 1.165) is 18.2 Å². The fraction of sp³-hybridized carbons (Fsp3) is 0.333. The molecule has 0 aliphatic rings. The Bertz CT molecular complexity index is 616. The topological polar surface area (TPSA) is 121 Å². The third kappa shape index (κ3) is 9.12. The molecule has 0 radical (unpaired) electrons. The summed E-state index contributed by atoms with van der Waals surface area (Å²) in [5.74, 6) is -1.80. The maximum atomic E-state index is 12.2. The van der Waals surface area contributed by atoms with E-state index in [2.05, 4.69) is 19.5 Å². The fourth-order valence-corrected chi connectivity index (χ4v) is 1.41. The van der Waals surface area contributed by atoms with Gasteiger partial charge >= 0.3 is 12.4 Å². The molecule has 6 N–H and O–H groups in total. The van der Waals surface area contributed by atoms with Gasteiger partial charge in [0.25, 0.3) is 0 Å². The smallest absolute Gasteiger partial charge is 0.422 e. The number of rotatable bonds is 5. The van der Waals surface area contributed by atoms with Crippen molar-refractivity contribution in [2.24, 2.45) is 27.2 Å². The molecular formula is C12H13F6N5O2. The zero-order valence-electron chi connectivity index (χ0n) is 12.4. The van der Waals surface area contributed by atoms with E-state index in [4.69, 9.17) is 17.2 Å². The monoisotopic (exact) mass is 373 g/mol. The van der Waals surface area contributed by atoms with Gasteiger partial charge < -0.3 is 26.7 Å². The highest BCUT2D eigenvalue weighted by atomic mass is 19.4. The Morgan fingerprint density at radius 1 is 0.840 bits per heavy atom. The molecular weight excluding hydrogens is 360 g/mol. The Morgan fingerprint density at radius 3 is 1.64 bits per heavy atom. The molecule has 13 heteroatoms. The van der Waals surface area contributed by atoms with Gasteiger partial charge in [-0.05, 0) is 0 Å². The predicted octanol–water partition coefficient (Wildman–Crippen LogP) is 1.79. The first-order valence-electron chi connectivity index (χ1n) is 6.32. The predicted molar refractivity (Wildman–Crippen MR) is 76.6 cm³/mol. The lowest BCUT2D eigenvalue weighted by Gasteiger charge is -2.13. The van der Waals surface area contributed by atoms with E-state index in [0.29, 0.717) is 0 Å². The van der Waals surface area contributed by atoms with Gasteiger partial charge in [0.1, 0.15) is 11.5 Å². The Morgan fingerprint density at radius 2 is 1.28 bits per heavy atom. The van der Waals surface area contributed by atoms with Crippen LogP contribution in [0.4, 0.5) is 32.0 Å². The second kappa shape index (κ2) is 7.81. The summed E-state index contributed by atoms with van der Waals surface area (Å²) in [6.45, 7) is -3.33. The van der Waals surface area contributed by atoms with Crippen LogP contribution in [0.5, 0.6) is 11.5 Å². The third-order valence-corrected chi connectivity index (χ3v) is 2.16. The van der Waals surface area contributed by atoms with Gasteiger partial charge in [-0.25, -0.2) is 4.99 Å². The lowest BCUT2D eigenvalue weighted by atomic mass is 10.3. The maximum absolute atomic E-state index is 12.2. The summed E-state index contributed by atoms with van der Waals surface area (Å²) in [4.78, 5) is 6.99. The van der Waals surface area contributed by atoms with Gasteiger partial charge in [0.05, 0.1) is 5.69 Å². The molecule has 0 aromatic heterocycles. The SMILES string of the molecule is NC(N)=NC(N)=Nc1cc(OCC(F)(F)F)cc(OCC(F)(F)F)c1. The van der Waals surface area contributed by atoms with E-state index in [9.17, 15) is 26.3 Å². The van der Waals surface area contributed by atoms with Crippen LogP contribution in [0.2, 0.25) is 0 Å². The van der Waals surface area contributed by atoms with Crippen molar-refractivity contribution in [3.8, 4) is 11.5 Å². The Hall–Kier alpha value is -2.86. The van der Waals surface area contributed by atoms with E-state index in [1.807, 2.05) is 0 Å². The van der Waals surface area contributed by atoms with Crippen molar-refractivity contribution in [1.29, 1.82) is 0 Å². The van der Waals surface area contributed by atoms with Gasteiger partial charge in [0.2, 0.25) is 5.96 Å². The molecule has 0 fully saturated rings. The maximum Gasteiger partial charge on any atom is 0.422 e. The number of alkyl halides is 6. The molecule has 0 heterocycles. The third-order valence-electron chi connectivity index (χ3n) is 2.16. The molecule has 0 saturated heterocycles. The van der Waals surface area contributed by atoms with Crippen LogP contribution in [0.15, 0.2) is 28.2 Å². The molecule has 1 aromatic rings. The van der Waals surface area contributed by atoms with Gasteiger partial charge in [0, 0.05) is 18.2 Å². The molecule has 0 atom stereocenters. The average molecular weight is 373 g/mol. The number of ether oxygens (including phenoxy) is 2. The first-order chi connectivity index (χ1) is 11.3. The highest BCUT2D eigenvalue weighted by molar-refractivity contribution is 5.93. The highest BCUT2D eigenvalue weighted by Gasteiger charge is 2.30. The van der Waals surface area contributed by atoms with E-state index in [1.54, 1.807) is 0 Å². The van der Waals surface area contributed by atoms with Crippen molar-refractivity contribution in [3.63, 3.8) is 0 Å². The second-order valence-electron chi connectivity index (χ2n) is 4.48. The van der Waals surface area contributed by atoms with E-state index in [-0.39, 0.29) is 5.69 Å². The zero-order valence-corrected chi connectivity index (χ0v) is 12.4. The van der Waals surface area contributed by atoms with Gasteiger partial charge in [-0.2, -0.15) is 31.3 Å². The lowest BCUT2D eigenvalue weighted by Crippen LogP contribution is -2.26. The van der Waals surface area contributed by atoms with Crippen LogP contribution in [0, 0.1) is 0 Å². The Labute approximate surface area is 137 Å². The van der Waals surface area contributed by atoms with E-state index >= 15 is 0 Å². The summed E-state index contributed by atoms with van der Waals surface area (Å²) < 4.78 is 82.1. The Balaban J connectivity index is 3.11. The number of nitrogens with zero attached hydrogens (tertiary/aromatic N) is 2. The first kappa shape index (κ1) is 20.2. The minimum Gasteiger partial charge on any atom is -0.484 e. The zero-order chi connectivity index (χ0) is 19.3. The quantitative estimate of drug-likeness (QED) is 0.413. The molecule has 0 spiro atoms. The van der Waals surface area contributed by atoms with Gasteiger partial charge in [-0.15, -0.1) is 0 Å². The minimum atomic E-state index is -4.65. The van der Waals surface area contributed by atoms with Gasteiger partial charge in [-0.3, -0.25) is 0 Å². The number of benzene rings is 1. The number of hydrogen-bond donors (Lipinski definition) is 3. The summed E-state index contributed by atoms with van der Waals surface area (Å²) in [5.41, 5.74) is 15.3. The summed E-state index contributed by atoms with van der Waals surface area (Å²) >= 11 is 0. The highest BCUT2D eigenvalue weighted by Crippen LogP contribution is 2.30. The summed E-state index contributed by atoms with van der Waals surface area (Å²) in [7, 11) is 0. The van der Waals surface area contributed by atoms with Crippen molar-refractivity contribution >= 4 is 17.6 Å². The van der Waals surface area contributed by atoms with Gasteiger partial charge in [-0.1, -0.05) is 0 Å². The molecule has 0 aliphatic heterocycles. The molecule has 0 bridgehead atoms. The molecule has 25 heavy (non-hydrogen) atoms. The molecule has 0 amide bonds. The average Bonchev–Trinajstić information content (AvgIpc) is 2.40. The van der Waals surface area contributed by atoms with Crippen LogP contribution < -0.4 is 26.7 Å². The van der Waals surface area contributed by atoms with Crippen molar-refractivity contribution in [1.82, 2.24) is 0 Å². The summed E-state index contributed by atoms with van der Waals surface area (Å²) in [5, 5.41) is 0. The van der Waals surface area contributed by atoms with Crippen LogP contribution in [-0.2, 0) is 0 Å². The number of hydrogen-bond acceptors (Lipinski definition) is 3. The largest absolute Gasteiger partial charge is 0.484 e. The number of halogens is 6. The normalized spacial score (nSPS) is 12.6. The molecule has 0 unspecified atom stereocenters. The molecule has 0 aliphatic carbocycles. The molecule has 1 aromatic carbocycles. The first-order valence-corrected chi connectivity index (χ1v) is 6.32. The summed E-state index contributed by atoms with van der Waals surface area (Å²) in [6.07, 6.45) is -9.30. The van der Waals surface area contributed by atoms with Crippen molar-refractivity contribution in [2.75, 3.05) is 13.2 Å². The molecule has 140 valence electrons. The lowest BCUT2D eigenvalue weighted by molar-refractivity contribution is -0.153. The van der Waals surface area contributed by atoms with E-state index in [1.165, 1.54) is 0 Å². The second-order valence-corrected chi connectivity index (χ2v) is 4.48. The summed E-state index contributed by atoms with van der Waals surface area (Å²) in [6, 6.07) is 2.82. The molecule has 0 saturated carbocycles. The van der Waals surface area contributed by atoms with Crippen molar-refractivity contribution in [2.45, 2.75) is 12.4 Å². The van der Waals surface area contributed by atoms with Crippen LogP contribution in [0.25, 0.3) is 0 Å². The van der Waals surface area contributed by atoms with E-state index < -0.39 is 49.0 Å². The van der Waals surface area contributed by atoms with Crippen LogP contribution >= 0.6 is 0 Å². The van der Waals surface area contributed by atoms with Gasteiger partial charge in [0.15, 0.2) is 19.2 Å². The Kier molecular flexibility index (Phi) is 6.30.